The highest BCUT2D eigenvalue weighted by atomic mass is 35.5. The predicted molar refractivity (Wildman–Crippen MR) is 42.1 cm³/mol. The van der Waals surface area contributed by atoms with Gasteiger partial charge in [0.25, 0.3) is 0 Å². The van der Waals surface area contributed by atoms with Crippen LogP contribution in [0.25, 0.3) is 0 Å². The summed E-state index contributed by atoms with van der Waals surface area (Å²) in [6.07, 6.45) is 2.17. The Morgan fingerprint density at radius 1 is 1.70 bits per heavy atom. The van der Waals surface area contributed by atoms with E-state index < -0.39 is 0 Å². The van der Waals surface area contributed by atoms with Crippen molar-refractivity contribution in [2.24, 2.45) is 0 Å². The second-order valence-electron chi connectivity index (χ2n) is 2.27. The van der Waals surface area contributed by atoms with Crippen molar-refractivity contribution >= 4 is 11.6 Å². The SMILES string of the molecule is CCCc1cc(CCl)[nH]n1. The van der Waals surface area contributed by atoms with E-state index in [1.165, 1.54) is 0 Å². The standard InChI is InChI=1S/C7H11ClN2/c1-2-3-6-4-7(5-8)10-9-6/h4H,2-3,5H2,1H3,(H,9,10). The average molecular weight is 159 g/mol. The van der Waals surface area contributed by atoms with E-state index in [9.17, 15) is 0 Å². The number of H-pyrrole nitrogens is 1. The number of nitrogens with zero attached hydrogens (tertiary/aromatic N) is 1. The largest absolute Gasteiger partial charge is 0.281 e. The van der Waals surface area contributed by atoms with Gasteiger partial charge in [-0.25, -0.2) is 0 Å². The molecule has 3 heteroatoms. The van der Waals surface area contributed by atoms with E-state index in [1.54, 1.807) is 0 Å². The molecule has 1 aromatic rings. The van der Waals surface area contributed by atoms with Crippen molar-refractivity contribution < 1.29 is 0 Å². The second kappa shape index (κ2) is 3.62. The number of aromatic amines is 1. The number of aromatic nitrogens is 2. The van der Waals surface area contributed by atoms with Gasteiger partial charge in [-0.3, -0.25) is 5.10 Å². The summed E-state index contributed by atoms with van der Waals surface area (Å²) in [6, 6.07) is 2.01. The summed E-state index contributed by atoms with van der Waals surface area (Å²) in [5, 5.41) is 6.93. The highest BCUT2D eigenvalue weighted by Gasteiger charge is 1.96. The summed E-state index contributed by atoms with van der Waals surface area (Å²) in [5.41, 5.74) is 2.11. The van der Waals surface area contributed by atoms with Gasteiger partial charge in [-0.05, 0) is 12.5 Å². The summed E-state index contributed by atoms with van der Waals surface area (Å²) in [7, 11) is 0. The Morgan fingerprint density at radius 2 is 2.50 bits per heavy atom. The number of alkyl halides is 1. The number of hydrogen-bond donors (Lipinski definition) is 1. The van der Waals surface area contributed by atoms with Gasteiger partial charge < -0.3 is 0 Å². The van der Waals surface area contributed by atoms with Crippen LogP contribution in [-0.4, -0.2) is 10.2 Å². The maximum absolute atomic E-state index is 5.57. The molecule has 1 heterocycles. The van der Waals surface area contributed by atoms with Crippen molar-refractivity contribution in [1.29, 1.82) is 0 Å². The lowest BCUT2D eigenvalue weighted by Gasteiger charge is -1.85. The molecule has 0 spiro atoms. The predicted octanol–water partition coefficient (Wildman–Crippen LogP) is 2.10. The smallest absolute Gasteiger partial charge is 0.0641 e. The monoisotopic (exact) mass is 158 g/mol. The summed E-state index contributed by atoms with van der Waals surface area (Å²) < 4.78 is 0. The minimum atomic E-state index is 0.525. The van der Waals surface area contributed by atoms with Crippen molar-refractivity contribution in [2.75, 3.05) is 0 Å². The zero-order valence-electron chi connectivity index (χ0n) is 6.02. The molecule has 0 saturated carbocycles. The average Bonchev–Trinajstić information content (AvgIpc) is 2.37. The highest BCUT2D eigenvalue weighted by molar-refractivity contribution is 6.16. The number of halogens is 1. The van der Waals surface area contributed by atoms with Gasteiger partial charge >= 0.3 is 0 Å². The van der Waals surface area contributed by atoms with Crippen LogP contribution in [0.3, 0.4) is 0 Å². The summed E-state index contributed by atoms with van der Waals surface area (Å²) >= 11 is 5.57. The van der Waals surface area contributed by atoms with Crippen LogP contribution < -0.4 is 0 Å². The van der Waals surface area contributed by atoms with Crippen LogP contribution >= 0.6 is 11.6 Å². The Kier molecular flexibility index (Phi) is 2.75. The molecular weight excluding hydrogens is 148 g/mol. The molecule has 0 bridgehead atoms. The van der Waals surface area contributed by atoms with Crippen molar-refractivity contribution in [3.8, 4) is 0 Å². The molecule has 0 aliphatic rings. The van der Waals surface area contributed by atoms with Gasteiger partial charge in [0, 0.05) is 0 Å². The van der Waals surface area contributed by atoms with E-state index in [1.807, 2.05) is 6.07 Å². The summed E-state index contributed by atoms with van der Waals surface area (Å²) in [4.78, 5) is 0. The lowest BCUT2D eigenvalue weighted by molar-refractivity contribution is 0.864. The third-order valence-electron chi connectivity index (χ3n) is 1.33. The molecule has 0 aliphatic carbocycles. The Bertz CT molecular complexity index is 195. The molecule has 10 heavy (non-hydrogen) atoms. The Labute approximate surface area is 65.6 Å². The first-order chi connectivity index (χ1) is 4.86. The Hall–Kier alpha value is -0.500. The fourth-order valence-corrected chi connectivity index (χ4v) is 0.999. The van der Waals surface area contributed by atoms with Gasteiger partial charge in [0.2, 0.25) is 0 Å². The first-order valence-electron chi connectivity index (χ1n) is 3.46. The van der Waals surface area contributed by atoms with Crippen LogP contribution in [0.5, 0.6) is 0 Å². The molecule has 0 unspecified atom stereocenters. The zero-order valence-corrected chi connectivity index (χ0v) is 6.78. The normalized spacial score (nSPS) is 10.2. The highest BCUT2D eigenvalue weighted by Crippen LogP contribution is 2.04. The Balaban J connectivity index is 2.59. The fourth-order valence-electron chi connectivity index (χ4n) is 0.862. The zero-order chi connectivity index (χ0) is 7.40. The lowest BCUT2D eigenvalue weighted by atomic mass is 10.2. The van der Waals surface area contributed by atoms with Gasteiger partial charge in [0.05, 0.1) is 17.3 Å². The molecule has 0 atom stereocenters. The number of nitrogens with one attached hydrogen (secondary N) is 1. The first kappa shape index (κ1) is 7.61. The fraction of sp³-hybridized carbons (Fsp3) is 0.571. The molecule has 1 N–H and O–H groups in total. The van der Waals surface area contributed by atoms with Gasteiger partial charge in [-0.1, -0.05) is 13.3 Å². The molecule has 1 rings (SSSR count). The van der Waals surface area contributed by atoms with Crippen LogP contribution in [0.1, 0.15) is 24.7 Å². The third-order valence-corrected chi connectivity index (χ3v) is 1.62. The van der Waals surface area contributed by atoms with Crippen LogP contribution in [-0.2, 0) is 12.3 Å². The van der Waals surface area contributed by atoms with Crippen LogP contribution in [0, 0.1) is 0 Å². The quantitative estimate of drug-likeness (QED) is 0.671. The maximum atomic E-state index is 5.57. The number of aryl methyl sites for hydroxylation is 1. The van der Waals surface area contributed by atoms with E-state index in [2.05, 4.69) is 17.1 Å². The molecule has 0 saturated heterocycles. The van der Waals surface area contributed by atoms with E-state index in [-0.39, 0.29) is 0 Å². The maximum Gasteiger partial charge on any atom is 0.0641 e. The topological polar surface area (TPSA) is 28.7 Å². The van der Waals surface area contributed by atoms with E-state index in [0.717, 1.165) is 24.2 Å². The molecule has 1 aromatic heterocycles. The van der Waals surface area contributed by atoms with Crippen LogP contribution in [0.4, 0.5) is 0 Å². The third kappa shape index (κ3) is 1.74. The molecule has 0 radical (unpaired) electrons. The molecule has 0 amide bonds. The summed E-state index contributed by atoms with van der Waals surface area (Å²) in [5.74, 6) is 0.525. The van der Waals surface area contributed by atoms with Gasteiger partial charge in [0.1, 0.15) is 0 Å². The molecule has 0 aliphatic heterocycles. The Morgan fingerprint density at radius 3 is 3.00 bits per heavy atom. The molecular formula is C7H11ClN2. The second-order valence-corrected chi connectivity index (χ2v) is 2.54. The molecule has 0 fully saturated rings. The van der Waals surface area contributed by atoms with Crippen molar-refractivity contribution in [3.63, 3.8) is 0 Å². The van der Waals surface area contributed by atoms with Crippen molar-refractivity contribution in [2.45, 2.75) is 25.6 Å². The number of hydrogen-bond acceptors (Lipinski definition) is 1. The van der Waals surface area contributed by atoms with Gasteiger partial charge in [0.15, 0.2) is 0 Å². The van der Waals surface area contributed by atoms with Gasteiger partial charge in [-0.15, -0.1) is 11.6 Å². The summed E-state index contributed by atoms with van der Waals surface area (Å²) in [6.45, 7) is 2.13. The number of rotatable bonds is 3. The van der Waals surface area contributed by atoms with E-state index in [0.29, 0.717) is 5.88 Å². The van der Waals surface area contributed by atoms with Crippen molar-refractivity contribution in [1.82, 2.24) is 10.2 Å². The molecule has 56 valence electrons. The van der Waals surface area contributed by atoms with E-state index in [4.69, 9.17) is 11.6 Å². The van der Waals surface area contributed by atoms with E-state index >= 15 is 0 Å². The molecule has 2 nitrogen and oxygen atoms in total. The van der Waals surface area contributed by atoms with Crippen LogP contribution in [0.2, 0.25) is 0 Å². The van der Waals surface area contributed by atoms with Crippen molar-refractivity contribution in [3.05, 3.63) is 17.5 Å². The lowest BCUT2D eigenvalue weighted by Crippen LogP contribution is -1.80. The van der Waals surface area contributed by atoms with Crippen LogP contribution in [0.15, 0.2) is 6.07 Å². The minimum absolute atomic E-state index is 0.525. The van der Waals surface area contributed by atoms with Gasteiger partial charge in [-0.2, -0.15) is 5.10 Å². The molecule has 0 aromatic carbocycles. The minimum Gasteiger partial charge on any atom is -0.281 e. The first-order valence-corrected chi connectivity index (χ1v) is 3.99.